The molecular formula is C17H17BrN4O3. The first-order valence-electron chi connectivity index (χ1n) is 7.39. The zero-order chi connectivity index (χ0) is 18.4. The van der Waals surface area contributed by atoms with E-state index in [-0.39, 0.29) is 18.0 Å². The summed E-state index contributed by atoms with van der Waals surface area (Å²) in [7, 11) is 3.90. The van der Waals surface area contributed by atoms with Crippen molar-refractivity contribution in [3.8, 4) is 0 Å². The zero-order valence-electron chi connectivity index (χ0n) is 13.8. The molecule has 2 rings (SSSR count). The molecule has 7 nitrogen and oxygen atoms in total. The van der Waals surface area contributed by atoms with Gasteiger partial charge in [0.05, 0.1) is 23.2 Å². The molecule has 2 aromatic carbocycles. The first-order valence-corrected chi connectivity index (χ1v) is 8.18. The zero-order valence-corrected chi connectivity index (χ0v) is 15.4. The molecule has 1 N–H and O–H groups in total. The van der Waals surface area contributed by atoms with Gasteiger partial charge in [-0.05, 0) is 39.2 Å². The van der Waals surface area contributed by atoms with Crippen molar-refractivity contribution in [3.05, 3.63) is 68.2 Å². The van der Waals surface area contributed by atoms with E-state index in [9.17, 15) is 14.9 Å². The highest BCUT2D eigenvalue weighted by atomic mass is 79.9. The first-order chi connectivity index (χ1) is 11.9. The van der Waals surface area contributed by atoms with E-state index in [1.165, 1.54) is 12.1 Å². The summed E-state index contributed by atoms with van der Waals surface area (Å²) in [6.07, 6.45) is 1.65. The van der Waals surface area contributed by atoms with E-state index in [0.717, 1.165) is 15.7 Å². The molecule has 1 amide bonds. The predicted molar refractivity (Wildman–Crippen MR) is 101 cm³/mol. The number of hydrogen-bond acceptors (Lipinski definition) is 5. The Morgan fingerprint density at radius 2 is 1.96 bits per heavy atom. The Morgan fingerprint density at radius 3 is 2.52 bits per heavy atom. The van der Waals surface area contributed by atoms with E-state index in [4.69, 9.17) is 0 Å². The Labute approximate surface area is 153 Å². The molecule has 0 fully saturated rings. The maximum atomic E-state index is 11.9. The number of non-ortho nitro benzene ring substituents is 1. The minimum atomic E-state index is -0.478. The second-order valence-electron chi connectivity index (χ2n) is 5.50. The highest BCUT2D eigenvalue weighted by molar-refractivity contribution is 9.10. The highest BCUT2D eigenvalue weighted by Crippen LogP contribution is 2.25. The average molecular weight is 405 g/mol. The molecule has 0 saturated heterocycles. The third kappa shape index (κ3) is 5.39. The lowest BCUT2D eigenvalue weighted by Gasteiger charge is -2.14. The van der Waals surface area contributed by atoms with Gasteiger partial charge in [-0.1, -0.05) is 18.2 Å². The van der Waals surface area contributed by atoms with Gasteiger partial charge >= 0.3 is 0 Å². The van der Waals surface area contributed by atoms with Gasteiger partial charge in [-0.2, -0.15) is 5.10 Å². The Morgan fingerprint density at radius 1 is 1.28 bits per heavy atom. The number of carbonyl (C=O) groups is 1. The number of hydrazone groups is 1. The van der Waals surface area contributed by atoms with E-state index in [1.54, 1.807) is 18.3 Å². The lowest BCUT2D eigenvalue weighted by Crippen LogP contribution is -2.19. The van der Waals surface area contributed by atoms with Gasteiger partial charge in [0.15, 0.2) is 0 Å². The van der Waals surface area contributed by atoms with Crippen LogP contribution in [0.4, 0.5) is 11.4 Å². The lowest BCUT2D eigenvalue weighted by atomic mass is 10.1. The normalized spacial score (nSPS) is 10.7. The van der Waals surface area contributed by atoms with E-state index >= 15 is 0 Å². The molecule has 0 atom stereocenters. The molecule has 0 saturated carbocycles. The number of halogens is 1. The van der Waals surface area contributed by atoms with Crippen molar-refractivity contribution in [1.82, 2.24) is 5.43 Å². The largest absolute Gasteiger partial charge is 0.377 e. The number of hydrogen-bond donors (Lipinski definition) is 1. The molecular weight excluding hydrogens is 388 g/mol. The van der Waals surface area contributed by atoms with Crippen molar-refractivity contribution < 1.29 is 9.72 Å². The molecule has 0 aromatic heterocycles. The molecule has 0 aliphatic carbocycles. The summed E-state index contributed by atoms with van der Waals surface area (Å²) in [6.45, 7) is 0. The molecule has 0 aliphatic rings. The van der Waals surface area contributed by atoms with Crippen LogP contribution in [-0.4, -0.2) is 31.1 Å². The fourth-order valence-corrected chi connectivity index (χ4v) is 2.86. The summed E-state index contributed by atoms with van der Waals surface area (Å²) in [6, 6.07) is 11.6. The van der Waals surface area contributed by atoms with Gasteiger partial charge in [0.2, 0.25) is 5.91 Å². The van der Waals surface area contributed by atoms with Crippen molar-refractivity contribution in [2.24, 2.45) is 5.10 Å². The predicted octanol–water partition coefficient (Wildman–Crippen LogP) is 3.12. The summed E-state index contributed by atoms with van der Waals surface area (Å²) in [5.41, 5.74) is 5.00. The number of benzene rings is 2. The lowest BCUT2D eigenvalue weighted by molar-refractivity contribution is -0.384. The molecule has 130 valence electrons. The molecule has 0 aliphatic heterocycles. The van der Waals surface area contributed by atoms with Gasteiger partial charge in [0.1, 0.15) is 0 Å². The van der Waals surface area contributed by atoms with Crippen LogP contribution >= 0.6 is 15.9 Å². The summed E-state index contributed by atoms with van der Waals surface area (Å²) in [5, 5.41) is 14.5. The standard InChI is InChI=1S/C17H17BrN4O3/c1-21(2)16-8-5-13(9-15(16)18)11-19-20-17(23)10-12-3-6-14(7-4-12)22(24)25/h3-9,11H,10H2,1-2H3,(H,20,23). The number of carbonyl (C=O) groups excluding carboxylic acids is 1. The average Bonchev–Trinajstić information content (AvgIpc) is 2.55. The number of nitrogens with one attached hydrogen (secondary N) is 1. The van der Waals surface area contributed by atoms with Gasteiger partial charge in [-0.3, -0.25) is 14.9 Å². The van der Waals surface area contributed by atoms with Crippen molar-refractivity contribution in [2.75, 3.05) is 19.0 Å². The third-order valence-electron chi connectivity index (χ3n) is 3.37. The van der Waals surface area contributed by atoms with E-state index in [0.29, 0.717) is 5.56 Å². The number of nitro benzene ring substituents is 1. The summed E-state index contributed by atoms with van der Waals surface area (Å²) in [5.74, 6) is -0.297. The van der Waals surface area contributed by atoms with Crippen molar-refractivity contribution in [2.45, 2.75) is 6.42 Å². The van der Waals surface area contributed by atoms with Crippen LogP contribution in [0.15, 0.2) is 52.0 Å². The maximum absolute atomic E-state index is 11.9. The topological polar surface area (TPSA) is 87.8 Å². The van der Waals surface area contributed by atoms with E-state index in [1.807, 2.05) is 37.2 Å². The van der Waals surface area contributed by atoms with E-state index in [2.05, 4.69) is 26.5 Å². The van der Waals surface area contributed by atoms with Gasteiger partial charge in [-0.25, -0.2) is 5.43 Å². The van der Waals surface area contributed by atoms with Crippen LogP contribution in [0.2, 0.25) is 0 Å². The number of anilines is 1. The number of amides is 1. The molecule has 2 aromatic rings. The van der Waals surface area contributed by atoms with Crippen molar-refractivity contribution in [1.29, 1.82) is 0 Å². The van der Waals surface area contributed by atoms with Crippen LogP contribution in [0.25, 0.3) is 0 Å². The molecule has 0 unspecified atom stereocenters. The highest BCUT2D eigenvalue weighted by Gasteiger charge is 2.07. The third-order valence-corrected chi connectivity index (χ3v) is 4.00. The van der Waals surface area contributed by atoms with Gasteiger partial charge in [-0.15, -0.1) is 0 Å². The van der Waals surface area contributed by atoms with Crippen LogP contribution in [0.1, 0.15) is 11.1 Å². The van der Waals surface area contributed by atoms with Crippen molar-refractivity contribution >= 4 is 39.4 Å². The van der Waals surface area contributed by atoms with Crippen LogP contribution in [0, 0.1) is 10.1 Å². The molecule has 25 heavy (non-hydrogen) atoms. The first kappa shape index (κ1) is 18.6. The second-order valence-corrected chi connectivity index (χ2v) is 6.35. The Balaban J connectivity index is 1.92. The smallest absolute Gasteiger partial charge is 0.269 e. The molecule has 0 spiro atoms. The number of nitrogens with zero attached hydrogens (tertiary/aromatic N) is 3. The second kappa shape index (κ2) is 8.39. The van der Waals surface area contributed by atoms with Gasteiger partial charge < -0.3 is 4.90 Å². The molecule has 0 bridgehead atoms. The quantitative estimate of drug-likeness (QED) is 0.455. The van der Waals surface area contributed by atoms with Crippen LogP contribution < -0.4 is 10.3 Å². The Hall–Kier alpha value is -2.74. The summed E-state index contributed by atoms with van der Waals surface area (Å²) < 4.78 is 0.929. The van der Waals surface area contributed by atoms with Gasteiger partial charge in [0, 0.05) is 30.7 Å². The fraction of sp³-hybridized carbons (Fsp3) is 0.176. The minimum absolute atomic E-state index is 0.00562. The SMILES string of the molecule is CN(C)c1ccc(C=NNC(=O)Cc2ccc([N+](=O)[O-])cc2)cc1Br. The Kier molecular flexibility index (Phi) is 6.24. The molecule has 8 heteroatoms. The Bertz CT molecular complexity index is 804. The van der Waals surface area contributed by atoms with E-state index < -0.39 is 4.92 Å². The maximum Gasteiger partial charge on any atom is 0.269 e. The summed E-state index contributed by atoms with van der Waals surface area (Å²) in [4.78, 5) is 24.0. The van der Waals surface area contributed by atoms with Crippen LogP contribution in [-0.2, 0) is 11.2 Å². The van der Waals surface area contributed by atoms with Gasteiger partial charge in [0.25, 0.3) is 5.69 Å². The van der Waals surface area contributed by atoms with Crippen molar-refractivity contribution in [3.63, 3.8) is 0 Å². The minimum Gasteiger partial charge on any atom is -0.377 e. The molecule has 0 heterocycles. The summed E-state index contributed by atoms with van der Waals surface area (Å²) >= 11 is 3.49. The fourth-order valence-electron chi connectivity index (χ4n) is 2.11. The number of rotatable bonds is 6. The van der Waals surface area contributed by atoms with Crippen LogP contribution in [0.5, 0.6) is 0 Å². The van der Waals surface area contributed by atoms with Crippen LogP contribution in [0.3, 0.4) is 0 Å². The molecule has 0 radical (unpaired) electrons. The number of nitro groups is 1. The monoisotopic (exact) mass is 404 g/mol.